The fourth-order valence-electron chi connectivity index (χ4n) is 2.97. The molecule has 1 aromatic carbocycles. The molecular weight excluding hydrogens is 399 g/mol. The molecule has 0 spiro atoms. The fourth-order valence-corrected chi connectivity index (χ4v) is 5.13. The number of hydrogen-bond acceptors (Lipinski definition) is 6. The van der Waals surface area contributed by atoms with Crippen molar-refractivity contribution in [1.82, 2.24) is 19.3 Å². The minimum absolute atomic E-state index is 0.0473. The zero-order valence-corrected chi connectivity index (χ0v) is 16.3. The van der Waals surface area contributed by atoms with Gasteiger partial charge in [0.15, 0.2) is 5.82 Å². The Morgan fingerprint density at radius 3 is 2.58 bits per heavy atom. The van der Waals surface area contributed by atoms with Crippen LogP contribution in [-0.2, 0) is 16.6 Å². The summed E-state index contributed by atoms with van der Waals surface area (Å²) in [5.74, 6) is 1.83. The van der Waals surface area contributed by atoms with Crippen LogP contribution in [0.4, 0.5) is 0 Å². The predicted octanol–water partition coefficient (Wildman–Crippen LogP) is 2.76. The maximum atomic E-state index is 12.8. The van der Waals surface area contributed by atoms with Crippen LogP contribution in [0.1, 0.15) is 30.5 Å². The summed E-state index contributed by atoms with van der Waals surface area (Å²) in [6.07, 6.45) is 2.25. The number of sulfonamides is 1. The van der Waals surface area contributed by atoms with Gasteiger partial charge in [0, 0.05) is 37.1 Å². The molecule has 2 heterocycles. The van der Waals surface area contributed by atoms with Gasteiger partial charge in [0.1, 0.15) is 4.90 Å². The summed E-state index contributed by atoms with van der Waals surface area (Å²) in [6, 6.07) is 4.46. The van der Waals surface area contributed by atoms with Crippen molar-refractivity contribution in [2.75, 3.05) is 26.2 Å². The van der Waals surface area contributed by atoms with Crippen molar-refractivity contribution in [3.8, 4) is 0 Å². The third kappa shape index (κ3) is 3.75. The van der Waals surface area contributed by atoms with E-state index in [4.69, 9.17) is 27.7 Å². The Morgan fingerprint density at radius 2 is 1.88 bits per heavy atom. The van der Waals surface area contributed by atoms with Crippen LogP contribution in [0.2, 0.25) is 10.0 Å². The van der Waals surface area contributed by atoms with Gasteiger partial charge in [0.25, 0.3) is 0 Å². The molecule has 2 aliphatic rings. The SMILES string of the molecule is O=S(=O)(c1cc(Cl)ccc1Cl)N1CCN(Cc2nc(C3CC3)no2)CC1. The second-order valence-corrected chi connectivity index (χ2v) is 9.33. The number of nitrogens with zero attached hydrogens (tertiary/aromatic N) is 4. The second kappa shape index (κ2) is 7.09. The first-order valence-corrected chi connectivity index (χ1v) is 10.6. The molecule has 1 aliphatic carbocycles. The maximum Gasteiger partial charge on any atom is 0.244 e. The molecule has 140 valence electrons. The lowest BCUT2D eigenvalue weighted by molar-refractivity contribution is 0.163. The Kier molecular flexibility index (Phi) is 4.96. The van der Waals surface area contributed by atoms with E-state index in [1.165, 1.54) is 16.4 Å². The molecule has 2 aromatic rings. The summed E-state index contributed by atoms with van der Waals surface area (Å²) >= 11 is 12.0. The first kappa shape index (κ1) is 18.2. The molecule has 0 atom stereocenters. The molecule has 7 nitrogen and oxygen atoms in total. The molecule has 1 saturated carbocycles. The second-order valence-electron chi connectivity index (χ2n) is 6.58. The van der Waals surface area contributed by atoms with Gasteiger partial charge in [-0.1, -0.05) is 28.4 Å². The van der Waals surface area contributed by atoms with E-state index < -0.39 is 10.0 Å². The van der Waals surface area contributed by atoms with Gasteiger partial charge < -0.3 is 4.52 Å². The maximum absolute atomic E-state index is 12.8. The minimum Gasteiger partial charge on any atom is -0.338 e. The third-order valence-electron chi connectivity index (χ3n) is 4.63. The van der Waals surface area contributed by atoms with E-state index in [2.05, 4.69) is 15.0 Å². The highest BCUT2D eigenvalue weighted by atomic mass is 35.5. The number of aromatic nitrogens is 2. The summed E-state index contributed by atoms with van der Waals surface area (Å²) in [4.78, 5) is 6.57. The molecule has 0 bridgehead atoms. The van der Waals surface area contributed by atoms with Crippen LogP contribution in [0.3, 0.4) is 0 Å². The zero-order chi connectivity index (χ0) is 18.3. The predicted molar refractivity (Wildman–Crippen MR) is 96.8 cm³/mol. The summed E-state index contributed by atoms with van der Waals surface area (Å²) in [5.41, 5.74) is 0. The van der Waals surface area contributed by atoms with E-state index in [1.54, 1.807) is 6.07 Å². The van der Waals surface area contributed by atoms with E-state index in [1.807, 2.05) is 0 Å². The smallest absolute Gasteiger partial charge is 0.244 e. The molecule has 0 radical (unpaired) electrons. The van der Waals surface area contributed by atoms with E-state index in [9.17, 15) is 8.42 Å². The van der Waals surface area contributed by atoms with Gasteiger partial charge in [0.2, 0.25) is 15.9 Å². The summed E-state index contributed by atoms with van der Waals surface area (Å²) in [5, 5.41) is 4.53. The van der Waals surface area contributed by atoms with E-state index in [0.717, 1.165) is 18.7 Å². The molecule has 1 aromatic heterocycles. The molecule has 1 aliphatic heterocycles. The largest absolute Gasteiger partial charge is 0.338 e. The third-order valence-corrected chi connectivity index (χ3v) is 7.24. The van der Waals surface area contributed by atoms with Crippen LogP contribution in [-0.4, -0.2) is 53.9 Å². The van der Waals surface area contributed by atoms with Crippen LogP contribution in [0, 0.1) is 0 Å². The summed E-state index contributed by atoms with van der Waals surface area (Å²) in [7, 11) is -3.67. The topological polar surface area (TPSA) is 79.5 Å². The van der Waals surface area contributed by atoms with Crippen LogP contribution < -0.4 is 0 Å². The molecule has 1 saturated heterocycles. The highest BCUT2D eigenvalue weighted by molar-refractivity contribution is 7.89. The van der Waals surface area contributed by atoms with Gasteiger partial charge in [-0.25, -0.2) is 8.42 Å². The fraction of sp³-hybridized carbons (Fsp3) is 0.500. The highest BCUT2D eigenvalue weighted by Crippen LogP contribution is 2.38. The Balaban J connectivity index is 1.40. The number of rotatable bonds is 5. The van der Waals surface area contributed by atoms with Crippen molar-refractivity contribution in [2.45, 2.75) is 30.2 Å². The first-order valence-electron chi connectivity index (χ1n) is 8.43. The quantitative estimate of drug-likeness (QED) is 0.745. The lowest BCUT2D eigenvalue weighted by Gasteiger charge is -2.33. The van der Waals surface area contributed by atoms with Crippen LogP contribution in [0.5, 0.6) is 0 Å². The average Bonchev–Trinajstić information content (AvgIpc) is 3.37. The normalized spacial score (nSPS) is 19.8. The first-order chi connectivity index (χ1) is 12.4. The molecule has 0 amide bonds. The number of benzene rings is 1. The van der Waals surface area contributed by atoms with Gasteiger partial charge >= 0.3 is 0 Å². The molecule has 10 heteroatoms. The van der Waals surface area contributed by atoms with Crippen LogP contribution in [0.25, 0.3) is 0 Å². The molecule has 4 rings (SSSR count). The Hall–Kier alpha value is -1.19. The minimum atomic E-state index is -3.67. The number of halogens is 2. The van der Waals surface area contributed by atoms with Gasteiger partial charge in [-0.15, -0.1) is 0 Å². The lowest BCUT2D eigenvalue weighted by atomic mass is 10.3. The number of piperazine rings is 1. The Morgan fingerprint density at radius 1 is 1.15 bits per heavy atom. The molecular formula is C16H18Cl2N4O3S. The highest BCUT2D eigenvalue weighted by Gasteiger charge is 2.32. The van der Waals surface area contributed by atoms with Crippen LogP contribution >= 0.6 is 23.2 Å². The van der Waals surface area contributed by atoms with E-state index in [0.29, 0.717) is 49.6 Å². The van der Waals surface area contributed by atoms with Gasteiger partial charge in [-0.3, -0.25) is 4.90 Å². The molecule has 0 unspecified atom stereocenters. The molecule has 0 N–H and O–H groups in total. The van der Waals surface area contributed by atoms with Crippen molar-refractivity contribution in [2.24, 2.45) is 0 Å². The standard InChI is InChI=1S/C16H18Cl2N4O3S/c17-12-3-4-13(18)14(9-12)26(23,24)22-7-5-21(6-8-22)10-15-19-16(20-25-15)11-1-2-11/h3-4,9,11H,1-2,5-8,10H2. The molecule has 2 fully saturated rings. The van der Waals surface area contributed by atoms with Gasteiger partial charge in [0.05, 0.1) is 11.6 Å². The van der Waals surface area contributed by atoms with Gasteiger partial charge in [-0.05, 0) is 31.0 Å². The van der Waals surface area contributed by atoms with Crippen molar-refractivity contribution in [3.05, 3.63) is 40.0 Å². The van der Waals surface area contributed by atoms with E-state index >= 15 is 0 Å². The van der Waals surface area contributed by atoms with Crippen LogP contribution in [0.15, 0.2) is 27.6 Å². The average molecular weight is 417 g/mol. The van der Waals surface area contributed by atoms with Crippen molar-refractivity contribution in [3.63, 3.8) is 0 Å². The molecule has 26 heavy (non-hydrogen) atoms. The summed E-state index contributed by atoms with van der Waals surface area (Å²) < 4.78 is 32.4. The monoisotopic (exact) mass is 416 g/mol. The Bertz CT molecular complexity index is 906. The van der Waals surface area contributed by atoms with Gasteiger partial charge in [-0.2, -0.15) is 9.29 Å². The number of hydrogen-bond donors (Lipinski definition) is 0. The Labute approximate surface area is 161 Å². The van der Waals surface area contributed by atoms with Crippen molar-refractivity contribution in [1.29, 1.82) is 0 Å². The van der Waals surface area contributed by atoms with E-state index in [-0.39, 0.29) is 9.92 Å². The zero-order valence-electron chi connectivity index (χ0n) is 13.9. The van der Waals surface area contributed by atoms with Crippen molar-refractivity contribution < 1.29 is 12.9 Å². The lowest BCUT2D eigenvalue weighted by Crippen LogP contribution is -2.48. The van der Waals surface area contributed by atoms with Crippen molar-refractivity contribution >= 4 is 33.2 Å². The summed E-state index contributed by atoms with van der Waals surface area (Å²) in [6.45, 7) is 2.44.